The van der Waals surface area contributed by atoms with E-state index in [1.165, 1.54) is 44.9 Å². The summed E-state index contributed by atoms with van der Waals surface area (Å²) in [5.74, 6) is 2.73. The molecule has 0 spiro atoms. The summed E-state index contributed by atoms with van der Waals surface area (Å²) < 4.78 is 6.73. The molecule has 1 saturated heterocycles. The van der Waals surface area contributed by atoms with E-state index in [-0.39, 0.29) is 23.2 Å². The first-order valence-electron chi connectivity index (χ1n) is 14.2. The second-order valence-electron chi connectivity index (χ2n) is 15.3. The van der Waals surface area contributed by atoms with Crippen molar-refractivity contribution in [3.05, 3.63) is 0 Å². The van der Waals surface area contributed by atoms with Gasteiger partial charge in [0, 0.05) is 0 Å². The van der Waals surface area contributed by atoms with Crippen LogP contribution in [0.15, 0.2) is 0 Å². The highest BCUT2D eigenvalue weighted by atomic mass is 16.5. The van der Waals surface area contributed by atoms with Crippen LogP contribution < -0.4 is 0 Å². The Morgan fingerprint density at radius 2 is 1.36 bits per heavy atom. The van der Waals surface area contributed by atoms with Crippen molar-refractivity contribution in [2.45, 2.75) is 143 Å². The average molecular weight is 461 g/mol. The van der Waals surface area contributed by atoms with Crippen molar-refractivity contribution in [3.63, 3.8) is 0 Å². The van der Waals surface area contributed by atoms with Crippen molar-refractivity contribution in [2.24, 2.45) is 45.3 Å². The van der Waals surface area contributed by atoms with Gasteiger partial charge in [0.05, 0.1) is 23.4 Å². The highest BCUT2D eigenvalue weighted by molar-refractivity contribution is 5.18. The molecule has 0 amide bonds. The SMILES string of the molecule is CC(C)(O)[C@@H]1CC[C@@](C)([C@@H]2CC[C@]3(C)[C@@H]2CC[C@@H]2[C@@]4(C)CC[C@H](O)C(C)(C)[C@@H]4CC[C@]23C)O1. The van der Waals surface area contributed by atoms with E-state index in [0.29, 0.717) is 28.1 Å². The quantitative estimate of drug-likeness (QED) is 0.480. The van der Waals surface area contributed by atoms with E-state index >= 15 is 0 Å². The number of hydrogen-bond donors (Lipinski definition) is 2. The largest absolute Gasteiger partial charge is 0.393 e. The minimum atomic E-state index is -0.755. The Morgan fingerprint density at radius 3 is 2.00 bits per heavy atom. The lowest BCUT2D eigenvalue weighted by Crippen LogP contribution is -2.64. The van der Waals surface area contributed by atoms with Gasteiger partial charge in [-0.2, -0.15) is 0 Å². The van der Waals surface area contributed by atoms with Crippen LogP contribution >= 0.6 is 0 Å². The van der Waals surface area contributed by atoms with Crippen LogP contribution in [-0.2, 0) is 4.74 Å². The summed E-state index contributed by atoms with van der Waals surface area (Å²) in [6.07, 6.45) is 11.9. The van der Waals surface area contributed by atoms with Gasteiger partial charge >= 0.3 is 0 Å². The Morgan fingerprint density at radius 1 is 0.697 bits per heavy atom. The smallest absolute Gasteiger partial charge is 0.0865 e. The topological polar surface area (TPSA) is 49.7 Å². The standard InChI is InChI=1S/C30H52O3/c1-25(2)21-12-17-29(7)22(27(21,5)15-13-23(25)31)10-9-19-20(11-16-28(19,29)6)30(8)18-14-24(33-30)26(3,4)32/h19-24,31-32H,9-18H2,1-8H3/t19-,20-,21+,22-,23+,24+,27+,28-,29-,30+/m1/s1. The summed E-state index contributed by atoms with van der Waals surface area (Å²) in [5, 5.41) is 21.5. The lowest BCUT2D eigenvalue weighted by atomic mass is 9.35. The zero-order valence-electron chi connectivity index (χ0n) is 22.8. The Labute approximate surface area is 203 Å². The Hall–Kier alpha value is -0.120. The van der Waals surface area contributed by atoms with E-state index in [0.717, 1.165) is 31.1 Å². The summed E-state index contributed by atoms with van der Waals surface area (Å²) in [6, 6.07) is 0. The monoisotopic (exact) mass is 460 g/mol. The van der Waals surface area contributed by atoms with Gasteiger partial charge in [0.15, 0.2) is 0 Å². The minimum absolute atomic E-state index is 0.0293. The number of fused-ring (bicyclic) bond motifs is 5. The first kappa shape index (κ1) is 24.6. The van der Waals surface area contributed by atoms with Gasteiger partial charge in [-0.05, 0) is 130 Å². The van der Waals surface area contributed by atoms with E-state index in [1.807, 2.05) is 13.8 Å². The minimum Gasteiger partial charge on any atom is -0.393 e. The average Bonchev–Trinajstić information content (AvgIpc) is 3.27. The number of aliphatic hydroxyl groups is 2. The zero-order valence-corrected chi connectivity index (χ0v) is 22.8. The molecule has 4 aliphatic carbocycles. The van der Waals surface area contributed by atoms with Gasteiger partial charge in [-0.1, -0.05) is 34.6 Å². The molecular weight excluding hydrogens is 408 g/mol. The van der Waals surface area contributed by atoms with Crippen LogP contribution in [0.2, 0.25) is 0 Å². The molecule has 0 aromatic carbocycles. The normalized spacial score (nSPS) is 56.2. The van der Waals surface area contributed by atoms with Crippen LogP contribution in [0.5, 0.6) is 0 Å². The molecule has 33 heavy (non-hydrogen) atoms. The highest BCUT2D eigenvalue weighted by Crippen LogP contribution is 2.76. The molecule has 0 unspecified atom stereocenters. The maximum Gasteiger partial charge on any atom is 0.0865 e. The molecule has 0 radical (unpaired) electrons. The van der Waals surface area contributed by atoms with Crippen molar-refractivity contribution < 1.29 is 14.9 Å². The highest BCUT2D eigenvalue weighted by Gasteiger charge is 2.70. The summed E-state index contributed by atoms with van der Waals surface area (Å²) in [4.78, 5) is 0. The van der Waals surface area contributed by atoms with Gasteiger partial charge in [-0.3, -0.25) is 0 Å². The molecule has 5 aliphatic rings. The molecule has 0 aromatic rings. The lowest BCUT2D eigenvalue weighted by Gasteiger charge is -2.70. The van der Waals surface area contributed by atoms with Crippen LogP contribution in [0.1, 0.15) is 120 Å². The third-order valence-electron chi connectivity index (χ3n) is 13.3. The van der Waals surface area contributed by atoms with Crippen molar-refractivity contribution >= 4 is 0 Å². The molecule has 4 saturated carbocycles. The fraction of sp³-hybridized carbons (Fsp3) is 1.00. The fourth-order valence-corrected chi connectivity index (χ4v) is 11.1. The van der Waals surface area contributed by atoms with E-state index in [1.54, 1.807) is 0 Å². The van der Waals surface area contributed by atoms with Gasteiger partial charge in [-0.25, -0.2) is 0 Å². The van der Waals surface area contributed by atoms with E-state index in [2.05, 4.69) is 41.5 Å². The summed E-state index contributed by atoms with van der Waals surface area (Å²) >= 11 is 0. The van der Waals surface area contributed by atoms with Crippen molar-refractivity contribution in [1.29, 1.82) is 0 Å². The molecule has 1 aliphatic heterocycles. The third kappa shape index (κ3) is 3.16. The second kappa shape index (κ2) is 7.22. The van der Waals surface area contributed by atoms with Gasteiger partial charge in [-0.15, -0.1) is 0 Å². The van der Waals surface area contributed by atoms with Crippen LogP contribution in [0.4, 0.5) is 0 Å². The summed E-state index contributed by atoms with van der Waals surface area (Å²) in [7, 11) is 0. The molecule has 190 valence electrons. The van der Waals surface area contributed by atoms with Crippen LogP contribution in [0.3, 0.4) is 0 Å². The first-order valence-corrected chi connectivity index (χ1v) is 14.2. The fourth-order valence-electron chi connectivity index (χ4n) is 11.1. The zero-order chi connectivity index (χ0) is 24.2. The van der Waals surface area contributed by atoms with E-state index < -0.39 is 5.60 Å². The molecule has 0 bridgehead atoms. The van der Waals surface area contributed by atoms with E-state index in [4.69, 9.17) is 4.74 Å². The van der Waals surface area contributed by atoms with E-state index in [9.17, 15) is 10.2 Å². The van der Waals surface area contributed by atoms with Crippen LogP contribution in [0, 0.1) is 45.3 Å². The van der Waals surface area contributed by atoms with Crippen molar-refractivity contribution in [1.82, 2.24) is 0 Å². The Balaban J connectivity index is 1.44. The second-order valence-corrected chi connectivity index (χ2v) is 15.3. The molecule has 2 N–H and O–H groups in total. The molecule has 5 rings (SSSR count). The van der Waals surface area contributed by atoms with Crippen LogP contribution in [0.25, 0.3) is 0 Å². The molecule has 3 nitrogen and oxygen atoms in total. The number of aliphatic hydroxyl groups excluding tert-OH is 1. The Bertz CT molecular complexity index is 784. The predicted octanol–water partition coefficient (Wildman–Crippen LogP) is 6.74. The van der Waals surface area contributed by atoms with Gasteiger partial charge < -0.3 is 14.9 Å². The summed E-state index contributed by atoms with van der Waals surface area (Å²) in [5.41, 5.74) is 0.277. The molecule has 1 heterocycles. The summed E-state index contributed by atoms with van der Waals surface area (Å²) in [6.45, 7) is 18.8. The molecule has 10 atom stereocenters. The number of rotatable bonds is 2. The number of hydrogen-bond acceptors (Lipinski definition) is 3. The van der Waals surface area contributed by atoms with Gasteiger partial charge in [0.1, 0.15) is 0 Å². The predicted molar refractivity (Wildman–Crippen MR) is 134 cm³/mol. The van der Waals surface area contributed by atoms with Crippen LogP contribution in [-0.4, -0.2) is 33.6 Å². The maximum atomic E-state index is 10.9. The lowest BCUT2D eigenvalue weighted by molar-refractivity contribution is -0.227. The molecule has 0 aromatic heterocycles. The molecular formula is C30H52O3. The third-order valence-corrected chi connectivity index (χ3v) is 13.3. The molecule has 5 fully saturated rings. The molecule has 3 heteroatoms. The van der Waals surface area contributed by atoms with Crippen molar-refractivity contribution in [3.8, 4) is 0 Å². The van der Waals surface area contributed by atoms with Gasteiger partial charge in [0.2, 0.25) is 0 Å². The Kier molecular flexibility index (Phi) is 5.38. The number of ether oxygens (including phenoxy) is 1. The first-order chi connectivity index (χ1) is 15.1. The van der Waals surface area contributed by atoms with Gasteiger partial charge in [0.25, 0.3) is 0 Å². The maximum absolute atomic E-state index is 10.9. The van der Waals surface area contributed by atoms with Crippen molar-refractivity contribution in [2.75, 3.05) is 0 Å².